The second-order valence-electron chi connectivity index (χ2n) is 8.38. The van der Waals surface area contributed by atoms with Gasteiger partial charge < -0.3 is 14.7 Å². The van der Waals surface area contributed by atoms with Gasteiger partial charge in [-0.25, -0.2) is 0 Å². The van der Waals surface area contributed by atoms with Crippen LogP contribution < -0.4 is 9.64 Å². The molecule has 3 nitrogen and oxygen atoms in total. The number of para-hydroxylation sites is 1. The van der Waals surface area contributed by atoms with E-state index in [0.29, 0.717) is 0 Å². The van der Waals surface area contributed by atoms with Crippen LogP contribution in [0.3, 0.4) is 0 Å². The van der Waals surface area contributed by atoms with Crippen molar-refractivity contribution in [1.29, 1.82) is 0 Å². The summed E-state index contributed by atoms with van der Waals surface area (Å²) in [4.78, 5) is 2.25. The Morgan fingerprint density at radius 1 is 1.00 bits per heavy atom. The molecule has 0 aliphatic heterocycles. The summed E-state index contributed by atoms with van der Waals surface area (Å²) in [5.74, 6) is 0.833. The average Bonchev–Trinajstić information content (AvgIpc) is 2.83. The summed E-state index contributed by atoms with van der Waals surface area (Å²) in [7, 11) is 3.78. The minimum Gasteiger partial charge on any atom is -0.497 e. The molecule has 2 unspecified atom stereocenters. The van der Waals surface area contributed by atoms with Crippen molar-refractivity contribution in [3.05, 3.63) is 102 Å². The molecule has 0 heterocycles. The van der Waals surface area contributed by atoms with Gasteiger partial charge in [-0.05, 0) is 60.2 Å². The quantitative estimate of drug-likeness (QED) is 0.546. The molecule has 0 amide bonds. The SMILES string of the molecule is COc1cccc(C2(O)/C(=C/c3ccccc3)CCCC2CN(C)c2ccccc2)c1. The molecule has 160 valence electrons. The van der Waals surface area contributed by atoms with Crippen molar-refractivity contribution in [1.82, 2.24) is 0 Å². The second-order valence-corrected chi connectivity index (χ2v) is 8.38. The first kappa shape index (κ1) is 21.2. The molecule has 1 aliphatic rings. The standard InChI is InChI=1S/C28H31NO2/c1-29(26-16-7-4-8-17-26)21-25-15-9-13-23(19-22-11-5-3-6-12-22)28(25,30)24-14-10-18-27(20-24)31-2/h3-8,10-12,14,16-20,25,30H,9,13,15,21H2,1-2H3/b23-19+. The van der Waals surface area contributed by atoms with Crippen LogP contribution >= 0.6 is 0 Å². The first-order valence-corrected chi connectivity index (χ1v) is 11.0. The number of hydrogen-bond donors (Lipinski definition) is 1. The van der Waals surface area contributed by atoms with Crippen molar-refractivity contribution >= 4 is 11.8 Å². The van der Waals surface area contributed by atoms with E-state index < -0.39 is 5.60 Å². The Kier molecular flexibility index (Phi) is 6.43. The number of aliphatic hydroxyl groups is 1. The molecule has 0 saturated heterocycles. The number of hydrogen-bond acceptors (Lipinski definition) is 3. The van der Waals surface area contributed by atoms with Gasteiger partial charge in [0.05, 0.1) is 7.11 Å². The summed E-state index contributed by atoms with van der Waals surface area (Å²) < 4.78 is 5.49. The molecular formula is C28H31NO2. The van der Waals surface area contributed by atoms with Gasteiger partial charge in [-0.15, -0.1) is 0 Å². The van der Waals surface area contributed by atoms with Gasteiger partial charge in [-0.2, -0.15) is 0 Å². The zero-order chi connectivity index (χ0) is 21.7. The first-order valence-electron chi connectivity index (χ1n) is 11.0. The van der Waals surface area contributed by atoms with E-state index >= 15 is 0 Å². The van der Waals surface area contributed by atoms with Gasteiger partial charge in [-0.3, -0.25) is 0 Å². The summed E-state index contributed by atoms with van der Waals surface area (Å²) >= 11 is 0. The fraction of sp³-hybridized carbons (Fsp3) is 0.286. The molecule has 3 aromatic rings. The Morgan fingerprint density at radius 3 is 2.42 bits per heavy atom. The molecule has 4 rings (SSSR count). The van der Waals surface area contributed by atoms with Crippen LogP contribution in [0.4, 0.5) is 5.69 Å². The fourth-order valence-corrected chi connectivity index (χ4v) is 4.76. The highest BCUT2D eigenvalue weighted by Gasteiger charge is 2.44. The number of rotatable bonds is 6. The van der Waals surface area contributed by atoms with Gasteiger partial charge in [0.25, 0.3) is 0 Å². The maximum Gasteiger partial charge on any atom is 0.119 e. The second kappa shape index (κ2) is 9.40. The van der Waals surface area contributed by atoms with Crippen LogP contribution in [-0.2, 0) is 5.60 Å². The Bertz CT molecular complexity index is 1020. The molecule has 1 saturated carbocycles. The van der Waals surface area contributed by atoms with E-state index in [9.17, 15) is 5.11 Å². The lowest BCUT2D eigenvalue weighted by Crippen LogP contribution is -2.45. The van der Waals surface area contributed by atoms with Crippen molar-refractivity contribution in [3.63, 3.8) is 0 Å². The van der Waals surface area contributed by atoms with Crippen LogP contribution in [-0.4, -0.2) is 25.8 Å². The number of ether oxygens (including phenoxy) is 1. The molecular weight excluding hydrogens is 382 g/mol. The summed E-state index contributed by atoms with van der Waals surface area (Å²) in [5, 5.41) is 12.4. The van der Waals surface area contributed by atoms with Crippen LogP contribution in [0, 0.1) is 5.92 Å². The topological polar surface area (TPSA) is 32.7 Å². The van der Waals surface area contributed by atoms with E-state index in [4.69, 9.17) is 4.74 Å². The predicted molar refractivity (Wildman–Crippen MR) is 128 cm³/mol. The van der Waals surface area contributed by atoms with Gasteiger partial charge >= 0.3 is 0 Å². The zero-order valence-electron chi connectivity index (χ0n) is 18.4. The predicted octanol–water partition coefficient (Wildman–Crippen LogP) is 5.90. The Morgan fingerprint density at radius 2 is 1.71 bits per heavy atom. The lowest BCUT2D eigenvalue weighted by Gasteiger charge is -2.44. The number of anilines is 1. The Hall–Kier alpha value is -3.04. The normalized spacial score (nSPS) is 22.3. The molecule has 0 spiro atoms. The monoisotopic (exact) mass is 413 g/mol. The molecule has 3 heteroatoms. The summed E-state index contributed by atoms with van der Waals surface area (Å²) in [6.07, 6.45) is 5.09. The van der Waals surface area contributed by atoms with Gasteiger partial charge in [0, 0.05) is 25.2 Å². The number of nitrogens with zero attached hydrogens (tertiary/aromatic N) is 1. The van der Waals surface area contributed by atoms with E-state index in [1.807, 2.05) is 48.5 Å². The lowest BCUT2D eigenvalue weighted by molar-refractivity contribution is -0.00408. The molecule has 1 N–H and O–H groups in total. The van der Waals surface area contributed by atoms with Crippen LogP contribution in [0.5, 0.6) is 5.75 Å². The molecule has 0 bridgehead atoms. The molecule has 1 fully saturated rings. The smallest absolute Gasteiger partial charge is 0.119 e. The van der Waals surface area contributed by atoms with Gasteiger partial charge in [0.15, 0.2) is 0 Å². The maximum absolute atomic E-state index is 12.4. The van der Waals surface area contributed by atoms with Crippen LogP contribution in [0.25, 0.3) is 6.08 Å². The van der Waals surface area contributed by atoms with Gasteiger partial charge in [0.1, 0.15) is 11.4 Å². The minimum absolute atomic E-state index is 0.0634. The Balaban J connectivity index is 1.76. The maximum atomic E-state index is 12.4. The van der Waals surface area contributed by atoms with Gasteiger partial charge in [0.2, 0.25) is 0 Å². The number of benzene rings is 3. The Labute approximate surface area is 185 Å². The third kappa shape index (κ3) is 4.52. The summed E-state index contributed by atoms with van der Waals surface area (Å²) in [5.41, 5.74) is 3.21. The van der Waals surface area contributed by atoms with Crippen molar-refractivity contribution < 1.29 is 9.84 Å². The minimum atomic E-state index is -1.05. The van der Waals surface area contributed by atoms with Crippen molar-refractivity contribution in [2.45, 2.75) is 24.9 Å². The van der Waals surface area contributed by atoms with Gasteiger partial charge in [-0.1, -0.05) is 66.7 Å². The average molecular weight is 414 g/mol. The van der Waals surface area contributed by atoms with E-state index in [1.54, 1.807) is 7.11 Å². The van der Waals surface area contributed by atoms with Crippen LogP contribution in [0.2, 0.25) is 0 Å². The highest BCUT2D eigenvalue weighted by molar-refractivity contribution is 5.58. The molecule has 1 aliphatic carbocycles. The van der Waals surface area contributed by atoms with Crippen molar-refractivity contribution in [2.75, 3.05) is 25.6 Å². The third-order valence-electron chi connectivity index (χ3n) is 6.42. The van der Waals surface area contributed by atoms with Crippen molar-refractivity contribution in [2.24, 2.45) is 5.92 Å². The molecule has 0 radical (unpaired) electrons. The van der Waals surface area contributed by atoms with E-state index in [1.165, 1.54) is 0 Å². The molecule has 3 aromatic carbocycles. The molecule has 0 aromatic heterocycles. The highest BCUT2D eigenvalue weighted by atomic mass is 16.5. The molecule has 31 heavy (non-hydrogen) atoms. The summed E-state index contributed by atoms with van der Waals surface area (Å²) in [6.45, 7) is 0.768. The first-order chi connectivity index (χ1) is 15.1. The van der Waals surface area contributed by atoms with Crippen LogP contribution in [0.1, 0.15) is 30.4 Å². The largest absolute Gasteiger partial charge is 0.497 e. The molecule has 2 atom stereocenters. The highest BCUT2D eigenvalue weighted by Crippen LogP contribution is 2.47. The van der Waals surface area contributed by atoms with E-state index in [2.05, 4.69) is 54.4 Å². The van der Waals surface area contributed by atoms with Crippen molar-refractivity contribution in [3.8, 4) is 5.75 Å². The lowest BCUT2D eigenvalue weighted by atomic mass is 9.67. The third-order valence-corrected chi connectivity index (χ3v) is 6.42. The fourth-order valence-electron chi connectivity index (χ4n) is 4.76. The van der Waals surface area contributed by atoms with Crippen LogP contribution in [0.15, 0.2) is 90.5 Å². The number of methoxy groups -OCH3 is 1. The summed E-state index contributed by atoms with van der Waals surface area (Å²) in [6, 6.07) is 28.6. The zero-order valence-corrected chi connectivity index (χ0v) is 18.4. The van der Waals surface area contributed by atoms with E-state index in [0.717, 1.165) is 53.9 Å². The van der Waals surface area contributed by atoms with E-state index in [-0.39, 0.29) is 5.92 Å².